The van der Waals surface area contributed by atoms with Crippen molar-refractivity contribution < 1.29 is 19.2 Å². The summed E-state index contributed by atoms with van der Waals surface area (Å²) in [7, 11) is 0. The number of hydrogen-bond donors (Lipinski definition) is 0. The fraction of sp³-hybridized carbons (Fsp3) is 0.238. The smallest absolute Gasteiger partial charge is 0.286 e. The lowest BCUT2D eigenvalue weighted by Gasteiger charge is -2.27. The molecule has 1 saturated heterocycles. The average Bonchev–Trinajstić information content (AvgIpc) is 3.14. The van der Waals surface area contributed by atoms with Crippen molar-refractivity contribution in [2.45, 2.75) is 6.61 Å². The maximum atomic E-state index is 12.2. The van der Waals surface area contributed by atoms with E-state index in [2.05, 4.69) is 9.89 Å². The minimum Gasteiger partial charge on any atom is -0.489 e. The highest BCUT2D eigenvalue weighted by Crippen LogP contribution is 2.31. The minimum absolute atomic E-state index is 0.0521. The van der Waals surface area contributed by atoms with Crippen molar-refractivity contribution in [2.75, 3.05) is 26.3 Å². The molecule has 2 aromatic rings. The molecule has 2 aromatic carbocycles. The van der Waals surface area contributed by atoms with Gasteiger partial charge in [0.2, 0.25) is 0 Å². The highest BCUT2D eigenvalue weighted by atomic mass is 32.2. The first kappa shape index (κ1) is 20.1. The van der Waals surface area contributed by atoms with Crippen molar-refractivity contribution in [3.05, 3.63) is 74.7 Å². The molecule has 9 heteroatoms. The van der Waals surface area contributed by atoms with E-state index < -0.39 is 4.92 Å². The monoisotopic (exact) mass is 425 g/mol. The van der Waals surface area contributed by atoms with Gasteiger partial charge in [0.25, 0.3) is 11.6 Å². The molecule has 0 radical (unpaired) electrons. The zero-order chi connectivity index (χ0) is 20.9. The van der Waals surface area contributed by atoms with Gasteiger partial charge in [-0.05, 0) is 53.2 Å². The molecule has 2 aliphatic rings. The van der Waals surface area contributed by atoms with Gasteiger partial charge >= 0.3 is 0 Å². The summed E-state index contributed by atoms with van der Waals surface area (Å²) in [5.41, 5.74) is 1.77. The van der Waals surface area contributed by atoms with E-state index in [0.29, 0.717) is 30.5 Å². The zero-order valence-corrected chi connectivity index (χ0v) is 16.8. The average molecular weight is 425 g/mol. The van der Waals surface area contributed by atoms with Crippen molar-refractivity contribution in [1.29, 1.82) is 0 Å². The quantitative estimate of drug-likeness (QED) is 0.411. The van der Waals surface area contributed by atoms with Gasteiger partial charge in [0, 0.05) is 25.2 Å². The van der Waals surface area contributed by atoms with E-state index in [4.69, 9.17) is 9.47 Å². The summed E-state index contributed by atoms with van der Waals surface area (Å²) in [6, 6.07) is 13.7. The third-order valence-electron chi connectivity index (χ3n) is 4.62. The second kappa shape index (κ2) is 9.10. The summed E-state index contributed by atoms with van der Waals surface area (Å²) in [5.74, 6) is 0.450. The molecule has 4 rings (SSSR count). The van der Waals surface area contributed by atoms with Gasteiger partial charge in [-0.1, -0.05) is 12.1 Å². The van der Waals surface area contributed by atoms with Gasteiger partial charge in [-0.25, -0.2) is 0 Å². The molecular weight excluding hydrogens is 406 g/mol. The summed E-state index contributed by atoms with van der Waals surface area (Å²) >= 11 is 1.39. The number of ether oxygens (including phenoxy) is 2. The molecular formula is C21H19N3O5S. The lowest BCUT2D eigenvalue weighted by molar-refractivity contribution is -0.384. The third kappa shape index (κ3) is 4.87. The van der Waals surface area contributed by atoms with Gasteiger partial charge in [-0.3, -0.25) is 14.9 Å². The van der Waals surface area contributed by atoms with Gasteiger partial charge < -0.3 is 14.4 Å². The van der Waals surface area contributed by atoms with E-state index in [9.17, 15) is 14.9 Å². The van der Waals surface area contributed by atoms with E-state index in [1.165, 1.54) is 23.9 Å². The van der Waals surface area contributed by atoms with Crippen molar-refractivity contribution >= 4 is 34.6 Å². The Hall–Kier alpha value is -3.17. The van der Waals surface area contributed by atoms with Crippen LogP contribution in [0.1, 0.15) is 11.1 Å². The second-order valence-electron chi connectivity index (χ2n) is 6.69. The van der Waals surface area contributed by atoms with Crippen LogP contribution in [0.15, 0.2) is 58.4 Å². The Morgan fingerprint density at radius 2 is 1.83 bits per heavy atom. The van der Waals surface area contributed by atoms with E-state index in [1.807, 2.05) is 30.3 Å². The Balaban J connectivity index is 1.34. The number of carbonyl (C=O) groups excluding carboxylic acids is 1. The summed E-state index contributed by atoms with van der Waals surface area (Å²) in [4.78, 5) is 29.3. The topological polar surface area (TPSA) is 94.3 Å². The maximum Gasteiger partial charge on any atom is 0.286 e. The van der Waals surface area contributed by atoms with Crippen LogP contribution in [0.5, 0.6) is 5.75 Å². The second-order valence-corrected chi connectivity index (χ2v) is 7.70. The normalized spacial score (nSPS) is 17.9. The number of aliphatic imine (C=N–C) groups is 1. The predicted molar refractivity (Wildman–Crippen MR) is 114 cm³/mol. The fourth-order valence-corrected chi connectivity index (χ4v) is 3.94. The molecule has 0 spiro atoms. The lowest BCUT2D eigenvalue weighted by atomic mass is 10.2. The number of morpholine rings is 1. The Morgan fingerprint density at radius 3 is 2.50 bits per heavy atom. The molecule has 0 atom stereocenters. The Kier molecular flexibility index (Phi) is 6.10. The van der Waals surface area contributed by atoms with Crippen LogP contribution < -0.4 is 4.74 Å². The maximum absolute atomic E-state index is 12.2. The lowest BCUT2D eigenvalue weighted by Crippen LogP contribution is -2.38. The van der Waals surface area contributed by atoms with Crippen molar-refractivity contribution in [2.24, 2.45) is 4.99 Å². The van der Waals surface area contributed by atoms with Crippen molar-refractivity contribution in [3.8, 4) is 5.75 Å². The van der Waals surface area contributed by atoms with Crippen LogP contribution in [0.2, 0.25) is 0 Å². The molecule has 2 heterocycles. The van der Waals surface area contributed by atoms with Gasteiger partial charge in [-0.15, -0.1) is 0 Å². The van der Waals surface area contributed by atoms with Crippen LogP contribution in [-0.2, 0) is 16.1 Å². The molecule has 0 aromatic heterocycles. The largest absolute Gasteiger partial charge is 0.489 e. The van der Waals surface area contributed by atoms with Crippen LogP contribution >= 0.6 is 11.8 Å². The Bertz CT molecular complexity index is 996. The summed E-state index contributed by atoms with van der Waals surface area (Å²) < 4.78 is 11.1. The SMILES string of the molecule is O=C1N=C(N2CCOCC2)SC1=Cc1ccc(OCc2ccc([N+](=O)[O-])cc2)cc1. The molecule has 30 heavy (non-hydrogen) atoms. The van der Waals surface area contributed by atoms with E-state index in [0.717, 1.165) is 29.4 Å². The number of benzene rings is 2. The van der Waals surface area contributed by atoms with Crippen LogP contribution in [-0.4, -0.2) is 47.2 Å². The number of non-ortho nitro benzene ring substituents is 1. The number of thioether (sulfide) groups is 1. The molecule has 154 valence electrons. The van der Waals surface area contributed by atoms with Crippen molar-refractivity contribution in [1.82, 2.24) is 4.90 Å². The first-order chi connectivity index (χ1) is 14.6. The fourth-order valence-electron chi connectivity index (χ4n) is 2.98. The highest BCUT2D eigenvalue weighted by Gasteiger charge is 2.27. The molecule has 0 aliphatic carbocycles. The number of hydrogen-bond acceptors (Lipinski definition) is 7. The highest BCUT2D eigenvalue weighted by molar-refractivity contribution is 8.18. The van der Waals surface area contributed by atoms with Crippen molar-refractivity contribution in [3.63, 3.8) is 0 Å². The van der Waals surface area contributed by atoms with Gasteiger partial charge in [0.1, 0.15) is 12.4 Å². The Morgan fingerprint density at radius 1 is 1.13 bits per heavy atom. The molecule has 0 bridgehead atoms. The van der Waals surface area contributed by atoms with E-state index >= 15 is 0 Å². The Labute approximate surface area is 177 Å². The molecule has 2 aliphatic heterocycles. The number of amides is 1. The number of nitro benzene ring substituents is 1. The van der Waals surface area contributed by atoms with Gasteiger partial charge in [0.05, 0.1) is 23.0 Å². The third-order valence-corrected chi connectivity index (χ3v) is 5.67. The van der Waals surface area contributed by atoms with E-state index in [-0.39, 0.29) is 11.6 Å². The number of amidine groups is 1. The molecule has 0 saturated carbocycles. The van der Waals surface area contributed by atoms with Gasteiger partial charge in [-0.2, -0.15) is 4.99 Å². The number of carbonyl (C=O) groups is 1. The van der Waals surface area contributed by atoms with Crippen LogP contribution in [0.3, 0.4) is 0 Å². The zero-order valence-electron chi connectivity index (χ0n) is 16.0. The molecule has 1 amide bonds. The standard InChI is InChI=1S/C21H19N3O5S/c25-20-19(30-21(22-20)23-9-11-28-12-10-23)13-15-3-7-18(8-4-15)29-14-16-1-5-17(6-2-16)24(26)27/h1-8,13H,9-12,14H2. The number of rotatable bonds is 5. The number of nitrogens with zero attached hydrogens (tertiary/aromatic N) is 3. The molecule has 8 nitrogen and oxygen atoms in total. The van der Waals surface area contributed by atoms with Crippen LogP contribution in [0, 0.1) is 10.1 Å². The predicted octanol–water partition coefficient (Wildman–Crippen LogP) is 3.48. The van der Waals surface area contributed by atoms with Crippen LogP contribution in [0.4, 0.5) is 5.69 Å². The molecule has 0 unspecified atom stereocenters. The van der Waals surface area contributed by atoms with E-state index in [1.54, 1.807) is 12.1 Å². The van der Waals surface area contributed by atoms with Gasteiger partial charge in [0.15, 0.2) is 5.17 Å². The summed E-state index contributed by atoms with van der Waals surface area (Å²) in [5, 5.41) is 11.4. The first-order valence-corrected chi connectivity index (χ1v) is 10.2. The van der Waals surface area contributed by atoms with Crippen LogP contribution in [0.25, 0.3) is 6.08 Å². The first-order valence-electron chi connectivity index (χ1n) is 9.40. The summed E-state index contributed by atoms with van der Waals surface area (Å²) in [6.45, 7) is 3.09. The number of nitro groups is 1. The summed E-state index contributed by atoms with van der Waals surface area (Å²) in [6.07, 6.45) is 1.82. The molecule has 1 fully saturated rings. The minimum atomic E-state index is -0.430. The molecule has 0 N–H and O–H groups in total.